The van der Waals surface area contributed by atoms with Crippen LogP contribution in [0.4, 0.5) is 0 Å². The molecule has 0 saturated heterocycles. The Kier molecular flexibility index (Phi) is 6.36. The first kappa shape index (κ1) is 20.7. The standard InChI is InChI=1S/C25H25NO5/c1-28-23-13-19(25(27)29-2)8-9-21(23)16-30-22-5-3-4-18(12-22)20-10-11-24(26-14-20)31-15-17-6-7-17/h3-5,8-14,17H,6-7,15-16H2,1-2H3. The summed E-state index contributed by atoms with van der Waals surface area (Å²) in [4.78, 5) is 16.1. The summed E-state index contributed by atoms with van der Waals surface area (Å²) in [6.07, 6.45) is 4.33. The molecule has 1 aliphatic carbocycles. The Hall–Kier alpha value is -3.54. The molecule has 0 aliphatic heterocycles. The van der Waals surface area contributed by atoms with E-state index in [4.69, 9.17) is 18.9 Å². The van der Waals surface area contributed by atoms with Crippen LogP contribution in [0, 0.1) is 5.92 Å². The van der Waals surface area contributed by atoms with E-state index in [2.05, 4.69) is 4.98 Å². The highest BCUT2D eigenvalue weighted by Crippen LogP contribution is 2.30. The highest BCUT2D eigenvalue weighted by atomic mass is 16.5. The maximum absolute atomic E-state index is 11.7. The van der Waals surface area contributed by atoms with Gasteiger partial charge in [-0.15, -0.1) is 0 Å². The Bertz CT molecular complexity index is 1040. The number of aromatic nitrogens is 1. The largest absolute Gasteiger partial charge is 0.496 e. The van der Waals surface area contributed by atoms with Crippen LogP contribution in [-0.4, -0.2) is 31.8 Å². The molecule has 0 atom stereocenters. The van der Waals surface area contributed by atoms with Gasteiger partial charge in [-0.05, 0) is 54.7 Å². The maximum atomic E-state index is 11.7. The maximum Gasteiger partial charge on any atom is 0.337 e. The van der Waals surface area contributed by atoms with Gasteiger partial charge in [-0.25, -0.2) is 9.78 Å². The fraction of sp³-hybridized carbons (Fsp3) is 0.280. The van der Waals surface area contributed by atoms with Crippen molar-refractivity contribution in [3.63, 3.8) is 0 Å². The Morgan fingerprint density at radius 3 is 2.58 bits per heavy atom. The second-order valence-electron chi connectivity index (χ2n) is 7.47. The van der Waals surface area contributed by atoms with Gasteiger partial charge in [-0.2, -0.15) is 0 Å². The molecule has 31 heavy (non-hydrogen) atoms. The number of rotatable bonds is 9. The molecule has 1 saturated carbocycles. The Labute approximate surface area is 181 Å². The first-order valence-electron chi connectivity index (χ1n) is 10.2. The molecular formula is C25H25NO5. The lowest BCUT2D eigenvalue weighted by molar-refractivity contribution is 0.0600. The molecule has 0 unspecified atom stereocenters. The predicted octanol–water partition coefficient (Wildman–Crippen LogP) is 4.91. The van der Waals surface area contributed by atoms with E-state index in [-0.39, 0.29) is 0 Å². The smallest absolute Gasteiger partial charge is 0.337 e. The number of hydrogen-bond donors (Lipinski definition) is 0. The highest BCUT2D eigenvalue weighted by molar-refractivity contribution is 5.89. The van der Waals surface area contributed by atoms with Crippen LogP contribution in [-0.2, 0) is 11.3 Å². The molecule has 0 radical (unpaired) electrons. The molecule has 6 nitrogen and oxygen atoms in total. The minimum absolute atomic E-state index is 0.306. The fourth-order valence-corrected chi connectivity index (χ4v) is 3.16. The van der Waals surface area contributed by atoms with Gasteiger partial charge in [0.2, 0.25) is 5.88 Å². The summed E-state index contributed by atoms with van der Waals surface area (Å²) < 4.78 is 21.8. The van der Waals surface area contributed by atoms with Gasteiger partial charge in [0.05, 0.1) is 26.4 Å². The van der Waals surface area contributed by atoms with Gasteiger partial charge < -0.3 is 18.9 Å². The molecule has 160 valence electrons. The van der Waals surface area contributed by atoms with Gasteiger partial charge >= 0.3 is 5.97 Å². The van der Waals surface area contributed by atoms with E-state index >= 15 is 0 Å². The number of pyridine rings is 1. The number of hydrogen-bond acceptors (Lipinski definition) is 6. The summed E-state index contributed by atoms with van der Waals surface area (Å²) in [5.74, 6) is 2.25. The van der Waals surface area contributed by atoms with Crippen LogP contribution in [0.25, 0.3) is 11.1 Å². The van der Waals surface area contributed by atoms with Crippen LogP contribution in [0.15, 0.2) is 60.8 Å². The van der Waals surface area contributed by atoms with Crippen molar-refractivity contribution in [2.24, 2.45) is 5.92 Å². The van der Waals surface area contributed by atoms with Gasteiger partial charge in [0, 0.05) is 23.4 Å². The Morgan fingerprint density at radius 2 is 1.87 bits per heavy atom. The number of ether oxygens (including phenoxy) is 4. The quantitative estimate of drug-likeness (QED) is 0.459. The fourth-order valence-electron chi connectivity index (χ4n) is 3.16. The third kappa shape index (κ3) is 5.34. The average molecular weight is 419 g/mol. The number of methoxy groups -OCH3 is 2. The van der Waals surface area contributed by atoms with Crippen molar-refractivity contribution in [2.45, 2.75) is 19.4 Å². The summed E-state index contributed by atoms with van der Waals surface area (Å²) in [6, 6.07) is 16.9. The van der Waals surface area contributed by atoms with Crippen LogP contribution in [0.3, 0.4) is 0 Å². The van der Waals surface area contributed by atoms with E-state index in [0.717, 1.165) is 29.0 Å². The molecule has 6 heteroatoms. The topological polar surface area (TPSA) is 66.9 Å². The average Bonchev–Trinajstić information content (AvgIpc) is 3.66. The summed E-state index contributed by atoms with van der Waals surface area (Å²) in [7, 11) is 2.91. The lowest BCUT2D eigenvalue weighted by Gasteiger charge is -2.12. The summed E-state index contributed by atoms with van der Waals surface area (Å²) in [5.41, 5.74) is 3.26. The van der Waals surface area contributed by atoms with Crippen molar-refractivity contribution < 1.29 is 23.7 Å². The van der Waals surface area contributed by atoms with E-state index in [1.807, 2.05) is 42.6 Å². The number of esters is 1. The highest BCUT2D eigenvalue weighted by Gasteiger charge is 2.22. The predicted molar refractivity (Wildman–Crippen MR) is 117 cm³/mol. The molecule has 1 aliphatic rings. The van der Waals surface area contributed by atoms with Gasteiger partial charge in [0.25, 0.3) is 0 Å². The molecule has 1 heterocycles. The lowest BCUT2D eigenvalue weighted by atomic mass is 10.1. The van der Waals surface area contributed by atoms with Crippen LogP contribution in [0.5, 0.6) is 17.4 Å². The Balaban J connectivity index is 1.42. The van der Waals surface area contributed by atoms with E-state index in [9.17, 15) is 4.79 Å². The second kappa shape index (κ2) is 9.51. The SMILES string of the molecule is COC(=O)c1ccc(COc2cccc(-c3ccc(OCC4CC4)nc3)c2)c(OC)c1. The summed E-state index contributed by atoms with van der Waals surface area (Å²) in [5, 5.41) is 0. The Morgan fingerprint density at radius 1 is 1.00 bits per heavy atom. The van der Waals surface area contributed by atoms with Crippen molar-refractivity contribution in [1.29, 1.82) is 0 Å². The minimum Gasteiger partial charge on any atom is -0.496 e. The first-order chi connectivity index (χ1) is 15.2. The zero-order valence-corrected chi connectivity index (χ0v) is 17.7. The van der Waals surface area contributed by atoms with Crippen LogP contribution in [0.1, 0.15) is 28.8 Å². The van der Waals surface area contributed by atoms with Gasteiger partial charge in [0.1, 0.15) is 18.1 Å². The molecule has 0 N–H and O–H groups in total. The van der Waals surface area contributed by atoms with E-state index in [0.29, 0.717) is 29.7 Å². The number of carbonyl (C=O) groups excluding carboxylic acids is 1. The van der Waals surface area contributed by atoms with E-state index < -0.39 is 5.97 Å². The van der Waals surface area contributed by atoms with E-state index in [1.54, 1.807) is 25.3 Å². The third-order valence-corrected chi connectivity index (χ3v) is 5.17. The zero-order chi connectivity index (χ0) is 21.6. The third-order valence-electron chi connectivity index (χ3n) is 5.17. The molecule has 2 aromatic carbocycles. The molecule has 0 amide bonds. The summed E-state index contributed by atoms with van der Waals surface area (Å²) >= 11 is 0. The number of benzene rings is 2. The van der Waals surface area contributed by atoms with E-state index in [1.165, 1.54) is 20.0 Å². The van der Waals surface area contributed by atoms with Gasteiger partial charge in [-0.1, -0.05) is 18.2 Å². The molecule has 1 fully saturated rings. The minimum atomic E-state index is -0.406. The summed E-state index contributed by atoms with van der Waals surface area (Å²) in [6.45, 7) is 1.06. The van der Waals surface area contributed by atoms with Crippen LogP contribution in [0.2, 0.25) is 0 Å². The molecule has 3 aromatic rings. The molecule has 4 rings (SSSR count). The molecule has 0 bridgehead atoms. The van der Waals surface area contributed by atoms with Gasteiger partial charge in [0.15, 0.2) is 0 Å². The molecular weight excluding hydrogens is 394 g/mol. The molecule has 1 aromatic heterocycles. The van der Waals surface area contributed by atoms with Crippen molar-refractivity contribution in [1.82, 2.24) is 4.98 Å². The number of carbonyl (C=O) groups is 1. The first-order valence-corrected chi connectivity index (χ1v) is 10.2. The van der Waals surface area contributed by atoms with Crippen LogP contribution < -0.4 is 14.2 Å². The monoisotopic (exact) mass is 419 g/mol. The zero-order valence-electron chi connectivity index (χ0n) is 17.7. The van der Waals surface area contributed by atoms with Crippen molar-refractivity contribution in [3.8, 4) is 28.5 Å². The number of nitrogens with zero attached hydrogens (tertiary/aromatic N) is 1. The van der Waals surface area contributed by atoms with Crippen LogP contribution >= 0.6 is 0 Å². The van der Waals surface area contributed by atoms with Crippen molar-refractivity contribution in [3.05, 3.63) is 71.9 Å². The van der Waals surface area contributed by atoms with Gasteiger partial charge in [-0.3, -0.25) is 0 Å². The van der Waals surface area contributed by atoms with Crippen molar-refractivity contribution >= 4 is 5.97 Å². The molecule has 0 spiro atoms. The second-order valence-corrected chi connectivity index (χ2v) is 7.47. The van der Waals surface area contributed by atoms with Crippen molar-refractivity contribution in [2.75, 3.05) is 20.8 Å². The normalized spacial score (nSPS) is 12.8. The lowest BCUT2D eigenvalue weighted by Crippen LogP contribution is -2.04.